The third kappa shape index (κ3) is 2.06. The minimum atomic E-state index is 1.06. The zero-order valence-corrected chi connectivity index (χ0v) is 13.1. The number of benzene rings is 2. The average molecular weight is 313 g/mol. The van der Waals surface area contributed by atoms with Crippen molar-refractivity contribution in [1.29, 1.82) is 0 Å². The zero-order valence-electron chi connectivity index (χ0n) is 11.5. The topological polar surface area (TPSA) is 0 Å². The molecule has 0 bridgehead atoms. The summed E-state index contributed by atoms with van der Waals surface area (Å²) in [7, 11) is 0. The van der Waals surface area contributed by atoms with Crippen LogP contribution in [0.3, 0.4) is 0 Å². The van der Waals surface area contributed by atoms with E-state index in [4.69, 9.17) is 0 Å². The molecule has 96 valence electrons. The Morgan fingerprint density at radius 3 is 2.53 bits per heavy atom. The highest BCUT2D eigenvalue weighted by molar-refractivity contribution is 9.10. The molecule has 0 spiro atoms. The van der Waals surface area contributed by atoms with E-state index in [2.05, 4.69) is 73.1 Å². The Labute approximate surface area is 123 Å². The Morgan fingerprint density at radius 1 is 0.947 bits per heavy atom. The minimum absolute atomic E-state index is 1.06. The van der Waals surface area contributed by atoms with Gasteiger partial charge in [-0.05, 0) is 76.5 Å². The van der Waals surface area contributed by atoms with Crippen LogP contribution in [-0.4, -0.2) is 0 Å². The van der Waals surface area contributed by atoms with Gasteiger partial charge in [-0.3, -0.25) is 0 Å². The first kappa shape index (κ1) is 12.7. The molecule has 0 amide bonds. The van der Waals surface area contributed by atoms with E-state index < -0.39 is 0 Å². The normalized spacial score (nSPS) is 13.4. The molecule has 0 radical (unpaired) electrons. The van der Waals surface area contributed by atoms with Crippen molar-refractivity contribution in [3.05, 3.63) is 62.6 Å². The molecule has 2 aromatic rings. The summed E-state index contributed by atoms with van der Waals surface area (Å²) in [5.74, 6) is 0. The van der Waals surface area contributed by atoms with Gasteiger partial charge in [0, 0.05) is 4.47 Å². The molecule has 0 N–H and O–H groups in total. The second-order valence-electron chi connectivity index (χ2n) is 5.41. The van der Waals surface area contributed by atoms with Gasteiger partial charge < -0.3 is 0 Å². The molecule has 2 aromatic carbocycles. The molecule has 1 aliphatic rings. The predicted octanol–water partition coefficient (Wildman–Crippen LogP) is 5.69. The highest BCUT2D eigenvalue weighted by atomic mass is 79.9. The number of hydrogen-bond acceptors (Lipinski definition) is 0. The molecule has 0 fully saturated rings. The van der Waals surface area contributed by atoms with E-state index in [9.17, 15) is 0 Å². The fourth-order valence-corrected chi connectivity index (χ4v) is 3.51. The lowest BCUT2D eigenvalue weighted by molar-refractivity contribution is 1.18. The maximum atomic E-state index is 3.82. The molecule has 0 saturated carbocycles. The second-order valence-corrected chi connectivity index (χ2v) is 6.20. The summed E-state index contributed by atoms with van der Waals surface area (Å²) in [5.41, 5.74) is 9.58. The van der Waals surface area contributed by atoms with Gasteiger partial charge in [-0.25, -0.2) is 0 Å². The van der Waals surface area contributed by atoms with E-state index in [-0.39, 0.29) is 0 Å². The van der Waals surface area contributed by atoms with Gasteiger partial charge in [-0.15, -0.1) is 0 Å². The summed E-state index contributed by atoms with van der Waals surface area (Å²) in [6, 6.07) is 11.0. The smallest absolute Gasteiger partial charge is 0.0295 e. The third-order valence-electron chi connectivity index (χ3n) is 4.03. The molecular formula is C18H17Br. The van der Waals surface area contributed by atoms with E-state index in [1.54, 1.807) is 0 Å². The summed E-state index contributed by atoms with van der Waals surface area (Å²) in [6.07, 6.45) is 3.35. The first-order valence-corrected chi connectivity index (χ1v) is 7.42. The molecule has 0 aromatic heterocycles. The van der Waals surface area contributed by atoms with Crippen LogP contribution >= 0.6 is 15.9 Å². The van der Waals surface area contributed by atoms with E-state index in [0.717, 1.165) is 6.42 Å². The lowest BCUT2D eigenvalue weighted by Crippen LogP contribution is -1.92. The standard InChI is InChI=1S/C18H17Br/c1-11-9-14-7-8-16(18(19)17(14)10-11)15-6-4-5-12(2)13(15)3/h4-9H,10H2,1-3H3. The van der Waals surface area contributed by atoms with Gasteiger partial charge in [0.1, 0.15) is 0 Å². The van der Waals surface area contributed by atoms with Crippen molar-refractivity contribution >= 4 is 22.0 Å². The first-order chi connectivity index (χ1) is 9.08. The average Bonchev–Trinajstić information content (AvgIpc) is 2.76. The number of hydrogen-bond donors (Lipinski definition) is 0. The molecule has 0 heterocycles. The Kier molecular flexibility index (Phi) is 3.10. The van der Waals surface area contributed by atoms with Crippen LogP contribution in [0, 0.1) is 13.8 Å². The Hall–Kier alpha value is -1.34. The number of aryl methyl sites for hydroxylation is 1. The number of fused-ring (bicyclic) bond motifs is 1. The first-order valence-electron chi connectivity index (χ1n) is 6.63. The fourth-order valence-electron chi connectivity index (χ4n) is 2.80. The highest BCUT2D eigenvalue weighted by Gasteiger charge is 2.17. The summed E-state index contributed by atoms with van der Waals surface area (Å²) in [6.45, 7) is 6.57. The Morgan fingerprint density at radius 2 is 1.74 bits per heavy atom. The van der Waals surface area contributed by atoms with Gasteiger partial charge >= 0.3 is 0 Å². The summed E-state index contributed by atoms with van der Waals surface area (Å²) < 4.78 is 1.26. The van der Waals surface area contributed by atoms with Crippen molar-refractivity contribution in [2.45, 2.75) is 27.2 Å². The van der Waals surface area contributed by atoms with E-state index in [0.29, 0.717) is 0 Å². The molecule has 0 saturated heterocycles. The van der Waals surface area contributed by atoms with Gasteiger partial charge in [-0.1, -0.05) is 42.0 Å². The van der Waals surface area contributed by atoms with Crippen molar-refractivity contribution in [2.24, 2.45) is 0 Å². The predicted molar refractivity (Wildman–Crippen MR) is 86.4 cm³/mol. The van der Waals surface area contributed by atoms with Crippen LogP contribution in [0.2, 0.25) is 0 Å². The molecule has 3 rings (SSSR count). The number of allylic oxidation sites excluding steroid dienone is 1. The molecule has 0 aliphatic heterocycles. The van der Waals surface area contributed by atoms with Crippen molar-refractivity contribution in [3.63, 3.8) is 0 Å². The van der Waals surface area contributed by atoms with Crippen molar-refractivity contribution in [3.8, 4) is 11.1 Å². The summed E-state index contributed by atoms with van der Waals surface area (Å²) in [5, 5.41) is 0. The number of halogens is 1. The van der Waals surface area contributed by atoms with Crippen LogP contribution < -0.4 is 0 Å². The van der Waals surface area contributed by atoms with E-state index >= 15 is 0 Å². The second kappa shape index (κ2) is 4.64. The molecule has 19 heavy (non-hydrogen) atoms. The Balaban J connectivity index is 2.19. The van der Waals surface area contributed by atoms with Gasteiger partial charge in [0.05, 0.1) is 0 Å². The third-order valence-corrected chi connectivity index (χ3v) is 4.94. The zero-order chi connectivity index (χ0) is 13.6. The molecule has 1 aliphatic carbocycles. The monoisotopic (exact) mass is 312 g/mol. The van der Waals surface area contributed by atoms with Crippen LogP contribution in [-0.2, 0) is 6.42 Å². The van der Waals surface area contributed by atoms with Crippen molar-refractivity contribution < 1.29 is 0 Å². The molecule has 0 unspecified atom stereocenters. The van der Waals surface area contributed by atoms with Gasteiger partial charge in [0.25, 0.3) is 0 Å². The highest BCUT2D eigenvalue weighted by Crippen LogP contribution is 2.39. The maximum Gasteiger partial charge on any atom is 0.0295 e. The van der Waals surface area contributed by atoms with Gasteiger partial charge in [-0.2, -0.15) is 0 Å². The van der Waals surface area contributed by atoms with Crippen LogP contribution in [0.15, 0.2) is 40.4 Å². The number of rotatable bonds is 1. The SMILES string of the molecule is CC1=Cc2ccc(-c3cccc(C)c3C)c(Br)c2C1. The molecular weight excluding hydrogens is 296 g/mol. The van der Waals surface area contributed by atoms with Crippen LogP contribution in [0.25, 0.3) is 17.2 Å². The quantitative estimate of drug-likeness (QED) is 0.634. The molecule has 1 heteroatoms. The van der Waals surface area contributed by atoms with Crippen molar-refractivity contribution in [1.82, 2.24) is 0 Å². The van der Waals surface area contributed by atoms with Crippen molar-refractivity contribution in [2.75, 3.05) is 0 Å². The largest absolute Gasteiger partial charge is 0.0683 e. The van der Waals surface area contributed by atoms with Gasteiger partial charge in [0.15, 0.2) is 0 Å². The van der Waals surface area contributed by atoms with Crippen LogP contribution in [0.1, 0.15) is 29.2 Å². The van der Waals surface area contributed by atoms with E-state index in [1.807, 2.05) is 0 Å². The molecule has 0 atom stereocenters. The fraction of sp³-hybridized carbons (Fsp3) is 0.222. The van der Waals surface area contributed by atoms with Crippen LogP contribution in [0.4, 0.5) is 0 Å². The van der Waals surface area contributed by atoms with E-state index in [1.165, 1.54) is 43.4 Å². The maximum absolute atomic E-state index is 3.82. The summed E-state index contributed by atoms with van der Waals surface area (Å²) >= 11 is 3.82. The van der Waals surface area contributed by atoms with Crippen LogP contribution in [0.5, 0.6) is 0 Å². The Bertz CT molecular complexity index is 693. The summed E-state index contributed by atoms with van der Waals surface area (Å²) in [4.78, 5) is 0. The lowest BCUT2D eigenvalue weighted by Gasteiger charge is -2.13. The molecule has 0 nitrogen and oxygen atoms in total. The van der Waals surface area contributed by atoms with Gasteiger partial charge in [0.2, 0.25) is 0 Å². The lowest BCUT2D eigenvalue weighted by atomic mass is 9.94. The minimum Gasteiger partial charge on any atom is -0.0683 e.